The highest BCUT2D eigenvalue weighted by atomic mass is 32.2. The van der Waals surface area contributed by atoms with Gasteiger partial charge in [-0.25, -0.2) is 0 Å². The maximum atomic E-state index is 11.9. The molecule has 1 aliphatic heterocycles. The molecule has 1 unspecified atom stereocenters. The molecule has 0 amide bonds. The van der Waals surface area contributed by atoms with E-state index in [1.807, 2.05) is 42.7 Å². The van der Waals surface area contributed by atoms with Crippen LogP contribution in [0.25, 0.3) is 5.57 Å². The summed E-state index contributed by atoms with van der Waals surface area (Å²) in [5.41, 5.74) is 3.11. The van der Waals surface area contributed by atoms with Gasteiger partial charge in [0.25, 0.3) is 10.1 Å². The maximum Gasteiger partial charge on any atom is 0.283 e. The Bertz CT molecular complexity index is 807. The lowest BCUT2D eigenvalue weighted by Crippen LogP contribution is -2.32. The Hall–Kier alpha value is -1.59. The van der Waals surface area contributed by atoms with Crippen molar-refractivity contribution in [1.29, 1.82) is 5.26 Å². The van der Waals surface area contributed by atoms with Crippen molar-refractivity contribution in [1.82, 2.24) is 5.06 Å². The number of nitriles is 1. The molecule has 1 aliphatic rings. The van der Waals surface area contributed by atoms with E-state index in [0.29, 0.717) is 12.0 Å². The number of benzene rings is 1. The van der Waals surface area contributed by atoms with E-state index in [-0.39, 0.29) is 11.1 Å². The van der Waals surface area contributed by atoms with Crippen LogP contribution in [0.1, 0.15) is 24.5 Å². The van der Waals surface area contributed by atoms with E-state index in [2.05, 4.69) is 6.07 Å². The third-order valence-electron chi connectivity index (χ3n) is 3.55. The number of aryl methyl sites for hydroxylation is 1. The van der Waals surface area contributed by atoms with Gasteiger partial charge in [0.1, 0.15) is 11.4 Å². The zero-order valence-corrected chi connectivity index (χ0v) is 15.5. The Labute approximate surface area is 147 Å². The number of nitrogens with zero attached hydrogens (tertiary/aromatic N) is 2. The summed E-state index contributed by atoms with van der Waals surface area (Å²) in [6, 6.07) is 9.89. The molecular weight excluding hydrogens is 344 g/mol. The number of rotatable bonds is 6. The monoisotopic (exact) mass is 364 g/mol. The Morgan fingerprint density at radius 3 is 2.75 bits per heavy atom. The molecule has 1 atom stereocenters. The minimum absolute atomic E-state index is 0.0376. The van der Waals surface area contributed by atoms with Crippen LogP contribution in [0, 0.1) is 18.3 Å². The van der Waals surface area contributed by atoms with E-state index in [1.54, 1.807) is 14.0 Å². The van der Waals surface area contributed by atoms with Gasteiger partial charge in [0.15, 0.2) is 0 Å². The highest BCUT2D eigenvalue weighted by molar-refractivity contribution is 8.03. The van der Waals surface area contributed by atoms with Gasteiger partial charge in [0.2, 0.25) is 0 Å². The second kappa shape index (κ2) is 7.99. The molecule has 0 saturated carbocycles. The Balaban J connectivity index is 2.36. The second-order valence-electron chi connectivity index (χ2n) is 5.43. The van der Waals surface area contributed by atoms with Crippen molar-refractivity contribution in [2.45, 2.75) is 25.6 Å². The summed E-state index contributed by atoms with van der Waals surface area (Å²) in [4.78, 5) is 0. The molecule has 0 spiro atoms. The molecule has 0 N–H and O–H groups in total. The molecule has 128 valence electrons. The topological polar surface area (TPSA) is 70.4 Å². The van der Waals surface area contributed by atoms with Crippen molar-refractivity contribution in [3.8, 4) is 6.07 Å². The molecule has 24 heavy (non-hydrogen) atoms. The first-order valence-corrected chi connectivity index (χ1v) is 10.1. The third-order valence-corrected chi connectivity index (χ3v) is 6.02. The minimum Gasteiger partial charge on any atom is -0.198 e. The number of likely N-dealkylation sites (N-methyl/N-ethyl adjacent to an activating group) is 1. The van der Waals surface area contributed by atoms with E-state index in [9.17, 15) is 13.7 Å². The predicted molar refractivity (Wildman–Crippen MR) is 97.2 cm³/mol. The van der Waals surface area contributed by atoms with Crippen LogP contribution in [0.4, 0.5) is 0 Å². The van der Waals surface area contributed by atoms with Crippen molar-refractivity contribution in [3.05, 3.63) is 52.4 Å². The molecule has 0 fully saturated rings. The molecule has 2 rings (SSSR count). The third kappa shape index (κ3) is 4.28. The van der Waals surface area contributed by atoms with Gasteiger partial charge in [-0.3, -0.25) is 0 Å². The van der Waals surface area contributed by atoms with Crippen LogP contribution in [0.3, 0.4) is 0 Å². The standard InChI is InChI=1S/C17H20N2O3S2/c1-4-11-24(20,21)22-19(3)17-15(9-10-23-17)16(12-18)14-8-6-5-7-13(14)2/h5-10,17H,4,11H2,1-3H3/b16-15+. The fourth-order valence-electron chi connectivity index (χ4n) is 2.47. The fraction of sp³-hybridized carbons (Fsp3) is 0.353. The number of hydroxylamine groups is 2. The quantitative estimate of drug-likeness (QED) is 0.569. The van der Waals surface area contributed by atoms with Crippen LogP contribution in [0.15, 0.2) is 41.3 Å². The molecule has 7 heteroatoms. The van der Waals surface area contributed by atoms with Crippen LogP contribution in [-0.2, 0) is 14.4 Å². The molecule has 1 heterocycles. The number of allylic oxidation sites excluding steroid dienone is 1. The van der Waals surface area contributed by atoms with Gasteiger partial charge < -0.3 is 0 Å². The van der Waals surface area contributed by atoms with Crippen LogP contribution < -0.4 is 0 Å². The maximum absolute atomic E-state index is 11.9. The molecular formula is C17H20N2O3S2. The van der Waals surface area contributed by atoms with Gasteiger partial charge >= 0.3 is 0 Å². The Morgan fingerprint density at radius 2 is 2.12 bits per heavy atom. The van der Waals surface area contributed by atoms with Gasteiger partial charge in [0.05, 0.1) is 11.3 Å². The Morgan fingerprint density at radius 1 is 1.42 bits per heavy atom. The molecule has 5 nitrogen and oxygen atoms in total. The number of hydrogen-bond donors (Lipinski definition) is 0. The first-order valence-electron chi connectivity index (χ1n) is 7.57. The van der Waals surface area contributed by atoms with Crippen molar-refractivity contribution >= 4 is 27.5 Å². The Kier molecular flexibility index (Phi) is 6.24. The smallest absolute Gasteiger partial charge is 0.198 e. The van der Waals surface area contributed by atoms with Gasteiger partial charge in [-0.15, -0.1) is 11.8 Å². The zero-order valence-electron chi connectivity index (χ0n) is 13.9. The molecule has 0 aliphatic carbocycles. The van der Waals surface area contributed by atoms with E-state index in [1.165, 1.54) is 16.8 Å². The van der Waals surface area contributed by atoms with Crippen LogP contribution in [-0.4, -0.2) is 31.7 Å². The summed E-state index contributed by atoms with van der Waals surface area (Å²) >= 11 is 1.41. The van der Waals surface area contributed by atoms with Crippen LogP contribution in [0.5, 0.6) is 0 Å². The van der Waals surface area contributed by atoms with E-state index in [0.717, 1.165) is 16.7 Å². The first kappa shape index (κ1) is 18.7. The van der Waals surface area contributed by atoms with E-state index in [4.69, 9.17) is 4.28 Å². The summed E-state index contributed by atoms with van der Waals surface area (Å²) in [7, 11) is -2.04. The number of hydrogen-bond acceptors (Lipinski definition) is 6. The summed E-state index contributed by atoms with van der Waals surface area (Å²) in [5, 5.41) is 12.4. The number of thioether (sulfide) groups is 1. The molecule has 0 saturated heterocycles. The van der Waals surface area contributed by atoms with Crippen molar-refractivity contribution in [2.75, 3.05) is 12.8 Å². The minimum atomic E-state index is -3.62. The largest absolute Gasteiger partial charge is 0.283 e. The lowest BCUT2D eigenvalue weighted by Gasteiger charge is -2.24. The summed E-state index contributed by atoms with van der Waals surface area (Å²) in [5.74, 6) is -0.0376. The predicted octanol–water partition coefficient (Wildman–Crippen LogP) is 3.46. The molecule has 0 bridgehead atoms. The first-order chi connectivity index (χ1) is 11.4. The lowest BCUT2D eigenvalue weighted by molar-refractivity contribution is -0.0239. The average Bonchev–Trinajstić information content (AvgIpc) is 2.99. The van der Waals surface area contributed by atoms with E-state index >= 15 is 0 Å². The second-order valence-corrected chi connectivity index (χ2v) is 8.09. The molecule has 0 aromatic heterocycles. The molecule has 1 aromatic carbocycles. The van der Waals surface area contributed by atoms with Crippen LogP contribution in [0.2, 0.25) is 0 Å². The van der Waals surface area contributed by atoms with Crippen molar-refractivity contribution in [3.63, 3.8) is 0 Å². The fourth-order valence-corrected chi connectivity index (χ4v) is 4.47. The lowest BCUT2D eigenvalue weighted by atomic mass is 9.97. The van der Waals surface area contributed by atoms with Crippen molar-refractivity contribution in [2.24, 2.45) is 0 Å². The highest BCUT2D eigenvalue weighted by Crippen LogP contribution is 2.37. The molecule has 0 radical (unpaired) electrons. The zero-order chi connectivity index (χ0) is 17.7. The summed E-state index contributed by atoms with van der Waals surface area (Å²) in [6.45, 7) is 3.73. The van der Waals surface area contributed by atoms with E-state index < -0.39 is 10.1 Å². The van der Waals surface area contributed by atoms with Gasteiger partial charge in [0, 0.05) is 12.6 Å². The average molecular weight is 364 g/mol. The SMILES string of the molecule is CCCS(=O)(=O)ON(C)C1SC=C/C1=C(/C#N)c1ccccc1C. The normalized spacial score (nSPS) is 19.5. The van der Waals surface area contributed by atoms with Gasteiger partial charge in [-0.2, -0.15) is 23.0 Å². The summed E-state index contributed by atoms with van der Waals surface area (Å²) < 4.78 is 28.9. The van der Waals surface area contributed by atoms with Crippen LogP contribution >= 0.6 is 11.8 Å². The highest BCUT2D eigenvalue weighted by Gasteiger charge is 2.29. The van der Waals surface area contributed by atoms with Gasteiger partial charge in [-0.05, 0) is 36.0 Å². The van der Waals surface area contributed by atoms with Gasteiger partial charge in [-0.1, -0.05) is 31.2 Å². The van der Waals surface area contributed by atoms with Crippen molar-refractivity contribution < 1.29 is 12.7 Å². The molecule has 1 aromatic rings. The summed E-state index contributed by atoms with van der Waals surface area (Å²) in [6.07, 6.45) is 2.33.